The summed E-state index contributed by atoms with van der Waals surface area (Å²) in [5.41, 5.74) is -2.81. The van der Waals surface area contributed by atoms with Crippen LogP contribution < -0.4 is 4.74 Å². The Morgan fingerprint density at radius 2 is 1.22 bits per heavy atom. The fourth-order valence-corrected chi connectivity index (χ4v) is 3.93. The zero-order chi connectivity index (χ0) is 27.5. The highest BCUT2D eigenvalue weighted by molar-refractivity contribution is 5.73. The molecule has 0 unspecified atom stereocenters. The van der Waals surface area contributed by atoms with Gasteiger partial charge in [0.2, 0.25) is 5.75 Å². The van der Waals surface area contributed by atoms with E-state index in [1.54, 1.807) is 0 Å². The van der Waals surface area contributed by atoms with Crippen molar-refractivity contribution < 1.29 is 49.4 Å². The minimum atomic E-state index is -5.36. The molecule has 3 aromatic carbocycles. The lowest BCUT2D eigenvalue weighted by Gasteiger charge is -2.14. The number of unbranched alkanes of at least 4 members (excludes halogenated alkanes) is 2. The summed E-state index contributed by atoms with van der Waals surface area (Å²) in [6.45, 7) is 1.94. The van der Waals surface area contributed by atoms with Crippen LogP contribution in [0.2, 0.25) is 0 Å². The van der Waals surface area contributed by atoms with E-state index in [2.05, 4.69) is 4.74 Å². The highest BCUT2D eigenvalue weighted by Gasteiger charge is 2.34. The molecule has 0 aliphatic carbocycles. The summed E-state index contributed by atoms with van der Waals surface area (Å²) in [4.78, 5) is 0. The highest BCUT2D eigenvalue weighted by atomic mass is 19.4. The average Bonchev–Trinajstić information content (AvgIpc) is 2.77. The maximum atomic E-state index is 15.2. The van der Waals surface area contributed by atoms with E-state index in [1.807, 2.05) is 6.92 Å². The van der Waals surface area contributed by atoms with Gasteiger partial charge in [-0.3, -0.25) is 5.11 Å². The van der Waals surface area contributed by atoms with Crippen molar-refractivity contribution in [2.45, 2.75) is 51.8 Å². The third-order valence-corrected chi connectivity index (χ3v) is 5.64. The molecule has 0 heterocycles. The Hall–Kier alpha value is -3.37. The van der Waals surface area contributed by atoms with Crippen LogP contribution in [0, 0.1) is 34.9 Å². The van der Waals surface area contributed by atoms with E-state index < -0.39 is 82.3 Å². The van der Waals surface area contributed by atoms with Gasteiger partial charge in [0, 0.05) is 11.6 Å². The second-order valence-electron chi connectivity index (χ2n) is 8.35. The van der Waals surface area contributed by atoms with Crippen molar-refractivity contribution in [3.63, 3.8) is 0 Å². The highest BCUT2D eigenvalue weighted by Crippen LogP contribution is 2.39. The molecular weight excluding hydrogens is 515 g/mol. The quantitative estimate of drug-likeness (QED) is 0.199. The molecule has 37 heavy (non-hydrogen) atoms. The molecule has 199 valence electrons. The first-order chi connectivity index (χ1) is 17.3. The van der Waals surface area contributed by atoms with Crippen LogP contribution in [0.1, 0.15) is 42.9 Å². The fraction of sp³-hybridized carbons (Fsp3) is 0.308. The maximum absolute atomic E-state index is 15.2. The minimum absolute atomic E-state index is 0.287. The van der Waals surface area contributed by atoms with Crippen LogP contribution in [0.25, 0.3) is 11.1 Å². The molecule has 0 bridgehead atoms. The van der Waals surface area contributed by atoms with Crippen molar-refractivity contribution in [1.29, 1.82) is 0 Å². The zero-order valence-corrected chi connectivity index (χ0v) is 19.3. The molecule has 0 fully saturated rings. The van der Waals surface area contributed by atoms with E-state index >= 15 is 4.39 Å². The Kier molecular flexibility index (Phi) is 8.65. The Morgan fingerprint density at radius 3 is 1.76 bits per heavy atom. The first-order valence-corrected chi connectivity index (χ1v) is 11.2. The summed E-state index contributed by atoms with van der Waals surface area (Å²) in [5.74, 6) is -11.8. The molecule has 0 saturated carbocycles. The smallest absolute Gasteiger partial charge is 0.399 e. The van der Waals surface area contributed by atoms with Crippen molar-refractivity contribution in [1.82, 2.24) is 0 Å². The molecule has 0 aromatic heterocycles. The van der Waals surface area contributed by atoms with Gasteiger partial charge in [-0.1, -0.05) is 19.8 Å². The predicted molar refractivity (Wildman–Crippen MR) is 116 cm³/mol. The molecule has 0 aliphatic rings. The van der Waals surface area contributed by atoms with Gasteiger partial charge in [-0.15, -0.1) is 13.2 Å². The Bertz CT molecular complexity index is 1240. The summed E-state index contributed by atoms with van der Waals surface area (Å²) < 4.78 is 127. The van der Waals surface area contributed by atoms with Crippen LogP contribution in [0.5, 0.6) is 11.5 Å². The van der Waals surface area contributed by atoms with Crippen molar-refractivity contribution in [2.75, 3.05) is 0 Å². The normalized spacial score (nSPS) is 11.7. The number of ether oxygens (including phenoxy) is 1. The number of alkyl halides is 3. The van der Waals surface area contributed by atoms with Gasteiger partial charge in [-0.2, -0.15) is 0 Å². The molecule has 3 aromatic rings. The number of hydrogen-bond donors (Lipinski definition) is 0. The molecular formula is C26H20F9O2. The summed E-state index contributed by atoms with van der Waals surface area (Å²) in [5, 5.41) is 12.3. The van der Waals surface area contributed by atoms with Crippen molar-refractivity contribution in [3.8, 4) is 22.6 Å². The molecule has 11 heteroatoms. The molecule has 1 radical (unpaired) electrons. The number of halogens is 9. The van der Waals surface area contributed by atoms with Gasteiger partial charge >= 0.3 is 6.36 Å². The van der Waals surface area contributed by atoms with Crippen LogP contribution in [-0.4, -0.2) is 6.36 Å². The SMILES string of the molecule is CCCCCc1cc(F)c(-c2c([O])cc(F)c(CCc3cc(F)c(OC(F)(F)F)c(F)c3)c2F)c(F)c1. The molecule has 2 nitrogen and oxygen atoms in total. The first kappa shape index (κ1) is 28.2. The standard InChI is InChI=1S/C26H20F9O2/c1-2-3-4-5-13-8-17(28)22(18(29)9-13)23-21(36)12-16(27)15(24(23)32)7-6-14-10-19(30)25(20(31)11-14)37-26(33,34)35/h8-12H,2-7H2,1H3. The van der Waals surface area contributed by atoms with E-state index in [1.165, 1.54) is 0 Å². The summed E-state index contributed by atoms with van der Waals surface area (Å²) in [6, 6.07) is 3.24. The van der Waals surface area contributed by atoms with Gasteiger partial charge in [0.15, 0.2) is 17.4 Å². The van der Waals surface area contributed by atoms with Crippen LogP contribution >= 0.6 is 0 Å². The summed E-state index contributed by atoms with van der Waals surface area (Å²) in [6.07, 6.45) is -3.79. The molecule has 3 rings (SSSR count). The Balaban J connectivity index is 1.93. The van der Waals surface area contributed by atoms with Gasteiger partial charge in [0.1, 0.15) is 23.3 Å². The number of benzene rings is 3. The number of aryl methyl sites for hydroxylation is 2. The largest absolute Gasteiger partial charge is 0.573 e. The molecule has 0 amide bonds. The zero-order valence-electron chi connectivity index (χ0n) is 19.3. The van der Waals surface area contributed by atoms with Crippen LogP contribution in [-0.2, 0) is 24.4 Å². The van der Waals surface area contributed by atoms with Crippen LogP contribution in [0.3, 0.4) is 0 Å². The van der Waals surface area contributed by atoms with E-state index in [0.717, 1.165) is 25.0 Å². The Labute approximate surface area is 206 Å². The van der Waals surface area contributed by atoms with E-state index in [-0.39, 0.29) is 5.56 Å². The lowest BCUT2D eigenvalue weighted by atomic mass is 9.94. The predicted octanol–water partition coefficient (Wildman–Crippen LogP) is 8.75. The average molecular weight is 535 g/mol. The second-order valence-corrected chi connectivity index (χ2v) is 8.35. The van der Waals surface area contributed by atoms with Crippen LogP contribution in [0.15, 0.2) is 30.3 Å². The topological polar surface area (TPSA) is 29.1 Å². The van der Waals surface area contributed by atoms with Gasteiger partial charge in [0.05, 0.1) is 11.1 Å². The van der Waals surface area contributed by atoms with Gasteiger partial charge in [0.25, 0.3) is 0 Å². The van der Waals surface area contributed by atoms with E-state index in [4.69, 9.17) is 0 Å². The van der Waals surface area contributed by atoms with Crippen molar-refractivity contribution >= 4 is 0 Å². The van der Waals surface area contributed by atoms with Crippen molar-refractivity contribution in [3.05, 3.63) is 81.9 Å². The van der Waals surface area contributed by atoms with Crippen molar-refractivity contribution in [2.24, 2.45) is 0 Å². The van der Waals surface area contributed by atoms with Gasteiger partial charge in [-0.25, -0.2) is 26.3 Å². The third kappa shape index (κ3) is 6.69. The molecule has 0 saturated heterocycles. The van der Waals surface area contributed by atoms with Gasteiger partial charge < -0.3 is 4.74 Å². The number of hydrogen-bond acceptors (Lipinski definition) is 1. The maximum Gasteiger partial charge on any atom is 0.573 e. The summed E-state index contributed by atoms with van der Waals surface area (Å²) in [7, 11) is 0. The molecule has 0 N–H and O–H groups in total. The lowest BCUT2D eigenvalue weighted by Crippen LogP contribution is -2.19. The number of rotatable bonds is 9. The second kappa shape index (κ2) is 11.4. The van der Waals surface area contributed by atoms with Crippen LogP contribution in [0.4, 0.5) is 39.5 Å². The van der Waals surface area contributed by atoms with E-state index in [9.17, 15) is 40.2 Å². The Morgan fingerprint density at radius 1 is 0.676 bits per heavy atom. The molecule has 0 spiro atoms. The molecule has 0 aliphatic heterocycles. The molecule has 0 atom stereocenters. The first-order valence-electron chi connectivity index (χ1n) is 11.2. The fourth-order valence-electron chi connectivity index (χ4n) is 3.93. The summed E-state index contributed by atoms with van der Waals surface area (Å²) >= 11 is 0. The van der Waals surface area contributed by atoms with Gasteiger partial charge in [-0.05, 0) is 61.1 Å². The van der Waals surface area contributed by atoms with E-state index in [0.29, 0.717) is 36.6 Å². The lowest BCUT2D eigenvalue weighted by molar-refractivity contribution is -0.276. The minimum Gasteiger partial charge on any atom is -0.399 e. The monoisotopic (exact) mass is 535 g/mol. The third-order valence-electron chi connectivity index (χ3n) is 5.64.